The van der Waals surface area contributed by atoms with Crippen molar-refractivity contribution in [1.29, 1.82) is 0 Å². The summed E-state index contributed by atoms with van der Waals surface area (Å²) < 4.78 is 26.6. The summed E-state index contributed by atoms with van der Waals surface area (Å²) in [6, 6.07) is 4.73. The first-order chi connectivity index (χ1) is 8.40. The molecule has 1 aromatic rings. The predicted molar refractivity (Wildman–Crippen MR) is 70.1 cm³/mol. The Morgan fingerprint density at radius 3 is 2.78 bits per heavy atom. The first-order valence-corrected chi connectivity index (χ1v) is 7.70. The maximum Gasteiger partial charge on any atom is 0.240 e. The highest BCUT2D eigenvalue weighted by Crippen LogP contribution is 2.32. The molecule has 0 spiro atoms. The third-order valence-corrected chi connectivity index (χ3v) is 4.89. The van der Waals surface area contributed by atoms with Crippen LogP contribution in [0.1, 0.15) is 18.4 Å². The number of aliphatic hydroxyl groups excluding tert-OH is 1. The Kier molecular flexibility index (Phi) is 3.96. The van der Waals surface area contributed by atoms with Crippen molar-refractivity contribution in [2.45, 2.75) is 30.8 Å². The summed E-state index contributed by atoms with van der Waals surface area (Å²) in [5.74, 6) is 0.244. The van der Waals surface area contributed by atoms with Crippen LogP contribution in [0.2, 0.25) is 5.02 Å². The lowest BCUT2D eigenvalue weighted by Gasteiger charge is -2.12. The normalized spacial score (nSPS) is 17.7. The van der Waals surface area contributed by atoms with E-state index in [1.165, 1.54) is 6.07 Å². The molecular weight excluding hydrogens is 274 g/mol. The summed E-state index contributed by atoms with van der Waals surface area (Å²) in [6.45, 7) is 1.77. The van der Waals surface area contributed by atoms with E-state index in [2.05, 4.69) is 4.72 Å². The van der Waals surface area contributed by atoms with Crippen LogP contribution in [-0.4, -0.2) is 26.2 Å². The Morgan fingerprint density at radius 1 is 1.50 bits per heavy atom. The molecule has 100 valence electrons. The van der Waals surface area contributed by atoms with Crippen molar-refractivity contribution >= 4 is 21.6 Å². The van der Waals surface area contributed by atoms with Crippen LogP contribution in [0.3, 0.4) is 0 Å². The van der Waals surface area contributed by atoms with Crippen LogP contribution in [0.5, 0.6) is 0 Å². The SMILES string of the molecule is Cc1ccc(Cl)cc1S(=O)(=O)NCC(O)C1CC1. The molecule has 4 nitrogen and oxygen atoms in total. The molecule has 1 aromatic carbocycles. The van der Waals surface area contributed by atoms with Gasteiger partial charge in [0.15, 0.2) is 0 Å². The Bertz CT molecular complexity index is 540. The van der Waals surface area contributed by atoms with Crippen molar-refractivity contribution in [1.82, 2.24) is 4.72 Å². The van der Waals surface area contributed by atoms with Gasteiger partial charge in [0.05, 0.1) is 11.0 Å². The van der Waals surface area contributed by atoms with Gasteiger partial charge in [-0.15, -0.1) is 0 Å². The summed E-state index contributed by atoms with van der Waals surface area (Å²) in [6.07, 6.45) is 1.34. The molecule has 0 aliphatic heterocycles. The van der Waals surface area contributed by atoms with E-state index in [0.29, 0.717) is 10.6 Å². The highest BCUT2D eigenvalue weighted by Gasteiger charge is 2.30. The van der Waals surface area contributed by atoms with E-state index in [4.69, 9.17) is 11.6 Å². The van der Waals surface area contributed by atoms with Gasteiger partial charge in [0.25, 0.3) is 0 Å². The highest BCUT2D eigenvalue weighted by atomic mass is 35.5. The molecular formula is C12H16ClNO3S. The first kappa shape index (κ1) is 13.8. The minimum absolute atomic E-state index is 0.0545. The van der Waals surface area contributed by atoms with Gasteiger partial charge in [-0.2, -0.15) is 0 Å². The van der Waals surface area contributed by atoms with Crippen LogP contribution < -0.4 is 4.72 Å². The zero-order chi connectivity index (χ0) is 13.3. The van der Waals surface area contributed by atoms with E-state index in [1.807, 2.05) is 0 Å². The minimum Gasteiger partial charge on any atom is -0.391 e. The number of aryl methyl sites for hydroxylation is 1. The number of hydrogen-bond acceptors (Lipinski definition) is 3. The monoisotopic (exact) mass is 289 g/mol. The summed E-state index contributed by atoms with van der Waals surface area (Å²) in [4.78, 5) is 0.165. The second-order valence-corrected chi connectivity index (χ2v) is 6.84. The number of sulfonamides is 1. The molecule has 18 heavy (non-hydrogen) atoms. The molecule has 0 amide bonds. The molecule has 1 aliphatic carbocycles. The highest BCUT2D eigenvalue weighted by molar-refractivity contribution is 7.89. The quantitative estimate of drug-likeness (QED) is 0.867. The fourth-order valence-corrected chi connectivity index (χ4v) is 3.34. The predicted octanol–water partition coefficient (Wildman–Crippen LogP) is 1.70. The van der Waals surface area contributed by atoms with Crippen molar-refractivity contribution in [3.05, 3.63) is 28.8 Å². The van der Waals surface area contributed by atoms with Gasteiger partial charge in [-0.1, -0.05) is 17.7 Å². The van der Waals surface area contributed by atoms with Crippen LogP contribution in [0.15, 0.2) is 23.1 Å². The minimum atomic E-state index is -3.61. The lowest BCUT2D eigenvalue weighted by atomic mass is 10.2. The van der Waals surface area contributed by atoms with Crippen molar-refractivity contribution in [3.63, 3.8) is 0 Å². The molecule has 1 saturated carbocycles. The average Bonchev–Trinajstić information content (AvgIpc) is 3.13. The molecule has 0 bridgehead atoms. The lowest BCUT2D eigenvalue weighted by molar-refractivity contribution is 0.155. The molecule has 1 unspecified atom stereocenters. The maximum atomic E-state index is 12.1. The Hall–Kier alpha value is -0.620. The zero-order valence-corrected chi connectivity index (χ0v) is 11.6. The third kappa shape index (κ3) is 3.23. The van der Waals surface area contributed by atoms with Crippen LogP contribution in [0.4, 0.5) is 0 Å². The second kappa shape index (κ2) is 5.17. The molecule has 0 aromatic heterocycles. The molecule has 0 radical (unpaired) electrons. The first-order valence-electron chi connectivity index (χ1n) is 5.84. The van der Waals surface area contributed by atoms with Gasteiger partial charge in [0, 0.05) is 11.6 Å². The fraction of sp³-hybridized carbons (Fsp3) is 0.500. The van der Waals surface area contributed by atoms with Gasteiger partial charge in [0.2, 0.25) is 10.0 Å². The van der Waals surface area contributed by atoms with E-state index in [-0.39, 0.29) is 17.4 Å². The fourth-order valence-electron chi connectivity index (χ4n) is 1.78. The van der Waals surface area contributed by atoms with Gasteiger partial charge in [-0.05, 0) is 43.4 Å². The number of hydrogen-bond donors (Lipinski definition) is 2. The molecule has 0 heterocycles. The molecule has 1 fully saturated rings. The van der Waals surface area contributed by atoms with Gasteiger partial charge < -0.3 is 5.11 Å². The Morgan fingerprint density at radius 2 is 2.17 bits per heavy atom. The van der Waals surface area contributed by atoms with E-state index in [0.717, 1.165) is 12.8 Å². The largest absolute Gasteiger partial charge is 0.391 e. The van der Waals surface area contributed by atoms with E-state index >= 15 is 0 Å². The van der Waals surface area contributed by atoms with E-state index in [1.54, 1.807) is 19.1 Å². The summed E-state index contributed by atoms with van der Waals surface area (Å²) in [5, 5.41) is 10.0. The van der Waals surface area contributed by atoms with Gasteiger partial charge in [0.1, 0.15) is 0 Å². The zero-order valence-electron chi connectivity index (χ0n) is 10.1. The number of nitrogens with one attached hydrogen (secondary N) is 1. The Balaban J connectivity index is 2.11. The van der Waals surface area contributed by atoms with Crippen molar-refractivity contribution in [2.75, 3.05) is 6.54 Å². The second-order valence-electron chi connectivity index (χ2n) is 4.67. The number of rotatable bonds is 5. The van der Waals surface area contributed by atoms with Gasteiger partial charge in [-0.3, -0.25) is 0 Å². The van der Waals surface area contributed by atoms with Gasteiger partial charge in [-0.25, -0.2) is 13.1 Å². The molecule has 1 atom stereocenters. The maximum absolute atomic E-state index is 12.1. The van der Waals surface area contributed by atoms with Crippen molar-refractivity contribution in [3.8, 4) is 0 Å². The smallest absolute Gasteiger partial charge is 0.240 e. The molecule has 1 aliphatic rings. The van der Waals surface area contributed by atoms with Crippen LogP contribution >= 0.6 is 11.6 Å². The van der Waals surface area contributed by atoms with Crippen LogP contribution in [-0.2, 0) is 10.0 Å². The number of aliphatic hydroxyl groups is 1. The standard InChI is InChI=1S/C12H16ClNO3S/c1-8-2-5-10(13)6-12(8)18(16,17)14-7-11(15)9-3-4-9/h2,5-6,9,11,14-15H,3-4,7H2,1H3. The van der Waals surface area contributed by atoms with Crippen LogP contribution in [0, 0.1) is 12.8 Å². The lowest BCUT2D eigenvalue weighted by Crippen LogP contribution is -2.33. The molecule has 2 N–H and O–H groups in total. The number of halogens is 1. The van der Waals surface area contributed by atoms with Crippen molar-refractivity contribution < 1.29 is 13.5 Å². The third-order valence-electron chi connectivity index (χ3n) is 3.09. The summed E-state index contributed by atoms with van der Waals surface area (Å²) >= 11 is 5.80. The topological polar surface area (TPSA) is 66.4 Å². The van der Waals surface area contributed by atoms with Crippen LogP contribution in [0.25, 0.3) is 0 Å². The average molecular weight is 290 g/mol. The molecule has 0 saturated heterocycles. The summed E-state index contributed by atoms with van der Waals surface area (Å²) in [5.41, 5.74) is 0.632. The van der Waals surface area contributed by atoms with Gasteiger partial charge >= 0.3 is 0 Å². The van der Waals surface area contributed by atoms with Crippen molar-refractivity contribution in [2.24, 2.45) is 5.92 Å². The molecule has 6 heteroatoms. The number of benzene rings is 1. The Labute approximate surface area is 112 Å². The molecule has 2 rings (SSSR count). The summed E-state index contributed by atoms with van der Waals surface area (Å²) in [7, 11) is -3.61. The van der Waals surface area contributed by atoms with E-state index < -0.39 is 16.1 Å². The van der Waals surface area contributed by atoms with E-state index in [9.17, 15) is 13.5 Å².